The van der Waals surface area contributed by atoms with Gasteiger partial charge in [0.15, 0.2) is 0 Å². The van der Waals surface area contributed by atoms with Crippen LogP contribution in [0.5, 0.6) is 0 Å². The molecule has 17 heteroatoms. The zero-order valence-electron chi connectivity index (χ0n) is 23.0. The van der Waals surface area contributed by atoms with E-state index in [1.165, 1.54) is 14.2 Å². The number of carboxylic acids is 2. The Morgan fingerprint density at radius 2 is 0.763 bits per heavy atom. The van der Waals surface area contributed by atoms with Crippen molar-refractivity contribution in [1.82, 2.24) is 0 Å². The number of aliphatic carboxylic acids is 2. The van der Waals surface area contributed by atoms with Crippen LogP contribution in [0.15, 0.2) is 0 Å². The molecule has 0 fully saturated rings. The Hall–Kier alpha value is -2.48. The number of carbonyl (C=O) groups excluding carboxylic acids is 2. The third kappa shape index (κ3) is 50.4. The Labute approximate surface area is 222 Å². The van der Waals surface area contributed by atoms with Crippen LogP contribution >= 0.6 is 0 Å². The molecule has 0 aromatic carbocycles. The highest BCUT2D eigenvalue weighted by molar-refractivity contribution is 5.70. The molecule has 0 aliphatic rings. The molecule has 228 valence electrons. The molecule has 0 aliphatic carbocycles. The highest BCUT2D eigenvalue weighted by atomic mass is 16.6. The maximum atomic E-state index is 10.5. The fraction of sp³-hybridized carbons (Fsp3) is 0.810. The molecule has 0 aromatic heterocycles. The van der Waals surface area contributed by atoms with Gasteiger partial charge in [0.2, 0.25) is 0 Å². The molecule has 0 spiro atoms. The summed E-state index contributed by atoms with van der Waals surface area (Å²) in [5, 5.41) is 39.7. The molecular formula is C21H43O17+. The Morgan fingerprint density at radius 1 is 0.500 bits per heavy atom. The Kier molecular flexibility index (Phi) is 43.8. The summed E-state index contributed by atoms with van der Waals surface area (Å²) < 4.78 is 37.2. The second-order valence-corrected chi connectivity index (χ2v) is 5.82. The van der Waals surface area contributed by atoms with E-state index < -0.39 is 37.1 Å². The van der Waals surface area contributed by atoms with Gasteiger partial charge in [0.1, 0.15) is 26.4 Å². The van der Waals surface area contributed by atoms with Crippen LogP contribution in [-0.2, 0) is 57.1 Å². The lowest BCUT2D eigenvalue weighted by Gasteiger charge is -2.03. The topological polar surface area (TPSA) is 243 Å². The number of aliphatic hydroxyl groups is 3. The highest BCUT2D eigenvalue weighted by Gasteiger charge is 2.01. The van der Waals surface area contributed by atoms with Gasteiger partial charge in [0, 0.05) is 7.11 Å². The first-order valence-electron chi connectivity index (χ1n) is 10.9. The second-order valence-electron chi connectivity index (χ2n) is 5.82. The van der Waals surface area contributed by atoms with Gasteiger partial charge in [0.05, 0.1) is 80.3 Å². The molecule has 17 nitrogen and oxygen atoms in total. The highest BCUT2D eigenvalue weighted by Crippen LogP contribution is 1.83. The van der Waals surface area contributed by atoms with Crippen molar-refractivity contribution in [2.45, 2.75) is 0 Å². The van der Waals surface area contributed by atoms with E-state index >= 15 is 0 Å². The molecule has 0 aromatic rings. The van der Waals surface area contributed by atoms with Crippen LogP contribution in [0.25, 0.3) is 0 Å². The number of ether oxygens (including phenoxy) is 8. The van der Waals surface area contributed by atoms with Crippen LogP contribution in [0, 0.1) is 0 Å². The van der Waals surface area contributed by atoms with Crippen molar-refractivity contribution < 1.29 is 84.0 Å². The summed E-state index contributed by atoms with van der Waals surface area (Å²) in [5.41, 5.74) is 0. The third-order valence-electron chi connectivity index (χ3n) is 2.93. The first kappa shape index (κ1) is 42.6. The molecule has 0 aliphatic heterocycles. The molecule has 38 heavy (non-hydrogen) atoms. The smallest absolute Gasteiger partial charge is 0.480 e. The van der Waals surface area contributed by atoms with Crippen molar-refractivity contribution in [3.05, 3.63) is 0 Å². The average Bonchev–Trinajstić information content (AvgIpc) is 2.91. The minimum absolute atomic E-state index is 0. The van der Waals surface area contributed by atoms with E-state index in [9.17, 15) is 19.2 Å². The van der Waals surface area contributed by atoms with Crippen molar-refractivity contribution in [2.75, 3.05) is 114 Å². The van der Waals surface area contributed by atoms with E-state index in [1.54, 1.807) is 0 Å². The van der Waals surface area contributed by atoms with Crippen molar-refractivity contribution in [3.8, 4) is 0 Å². The maximum Gasteiger partial charge on any atom is 1.00 e. The Balaban J connectivity index is -0.000000143. The van der Waals surface area contributed by atoms with Gasteiger partial charge < -0.3 is 63.4 Å². The quantitative estimate of drug-likeness (QED) is 0.0698. The van der Waals surface area contributed by atoms with Gasteiger partial charge in [-0.3, -0.25) is 0 Å². The molecule has 0 unspecified atom stereocenters. The minimum Gasteiger partial charge on any atom is -0.480 e. The lowest BCUT2D eigenvalue weighted by Crippen LogP contribution is -2.16. The number of methoxy groups -OCH3 is 2. The van der Waals surface area contributed by atoms with E-state index in [4.69, 9.17) is 44.5 Å². The van der Waals surface area contributed by atoms with Gasteiger partial charge >= 0.3 is 25.3 Å². The predicted molar refractivity (Wildman–Crippen MR) is 128 cm³/mol. The molecule has 0 heterocycles. The molecule has 0 bridgehead atoms. The van der Waals surface area contributed by atoms with Crippen LogP contribution in [0.2, 0.25) is 0 Å². The number of carbonyl (C=O) groups is 4. The van der Waals surface area contributed by atoms with Crippen LogP contribution in [-0.4, -0.2) is 163 Å². The van der Waals surface area contributed by atoms with E-state index in [-0.39, 0.29) is 54.3 Å². The van der Waals surface area contributed by atoms with Crippen LogP contribution in [0.4, 0.5) is 0 Å². The minimum atomic E-state index is -1.06. The number of esters is 2. The largest absolute Gasteiger partial charge is 1.00 e. The second kappa shape index (κ2) is 39.0. The van der Waals surface area contributed by atoms with Crippen molar-refractivity contribution >= 4 is 23.9 Å². The van der Waals surface area contributed by atoms with Gasteiger partial charge in [-0.05, 0) is 0 Å². The zero-order valence-corrected chi connectivity index (χ0v) is 22.0. The van der Waals surface area contributed by atoms with Crippen molar-refractivity contribution in [1.29, 1.82) is 0 Å². The monoisotopic (exact) mass is 567 g/mol. The summed E-state index contributed by atoms with van der Waals surface area (Å²) in [5.74, 6) is -3.02. The van der Waals surface area contributed by atoms with E-state index in [0.717, 1.165) is 7.11 Å². The Bertz CT molecular complexity index is 491. The first-order chi connectivity index (χ1) is 18.2. The number of carboxylic acid groups (broad SMARTS) is 2. The van der Waals surface area contributed by atoms with E-state index in [0.29, 0.717) is 26.4 Å². The van der Waals surface area contributed by atoms with Gasteiger partial charge in [-0.2, -0.15) is 0 Å². The van der Waals surface area contributed by atoms with Crippen molar-refractivity contribution in [3.63, 3.8) is 0 Å². The average molecular weight is 568 g/mol. The molecule has 0 atom stereocenters. The fourth-order valence-electron chi connectivity index (χ4n) is 1.43. The van der Waals surface area contributed by atoms with Gasteiger partial charge in [0.25, 0.3) is 0 Å². The van der Waals surface area contributed by atoms with Crippen LogP contribution in [0.3, 0.4) is 0 Å². The fourth-order valence-corrected chi connectivity index (χ4v) is 1.43. The van der Waals surface area contributed by atoms with E-state index in [1.807, 2.05) is 0 Å². The maximum absolute atomic E-state index is 10.5. The molecule has 0 saturated heterocycles. The standard InChI is InChI=1S/C8H14O6.C6H10O6.C6H14O4.CH4O/c1-11-7(9)5-13-3-4-14-6-8(10)12-2;7-5(8)3-11-1-2-12-4-6(9)10;7-1-3-9-5-6-10-4-2-8;1-2/h3-6H2,1-2H3;1-4H2,(H,7,8)(H,9,10);7-8H,1-6H2;2H,1H3/p+1. The molecule has 0 radical (unpaired) electrons. The summed E-state index contributed by atoms with van der Waals surface area (Å²) in [6, 6.07) is 0. The summed E-state index contributed by atoms with van der Waals surface area (Å²) in [6.45, 7) is 1.34. The first-order valence-corrected chi connectivity index (χ1v) is 10.9. The van der Waals surface area contributed by atoms with Gasteiger partial charge in [-0.1, -0.05) is 0 Å². The normalized spacial score (nSPS) is 9.42. The molecule has 0 amide bonds. The lowest BCUT2D eigenvalue weighted by molar-refractivity contribution is -0.149. The third-order valence-corrected chi connectivity index (χ3v) is 2.93. The Morgan fingerprint density at radius 3 is 1.00 bits per heavy atom. The zero-order chi connectivity index (χ0) is 29.9. The molecule has 5 N–H and O–H groups in total. The summed E-state index contributed by atoms with van der Waals surface area (Å²) in [4.78, 5) is 40.8. The van der Waals surface area contributed by atoms with Crippen molar-refractivity contribution in [2.24, 2.45) is 0 Å². The van der Waals surface area contributed by atoms with Gasteiger partial charge in [-0.15, -0.1) is 0 Å². The summed E-state index contributed by atoms with van der Waals surface area (Å²) in [7, 11) is 3.55. The predicted octanol–water partition coefficient (Wildman–Crippen LogP) is -2.72. The number of hydrogen-bond donors (Lipinski definition) is 5. The number of rotatable bonds is 21. The van der Waals surface area contributed by atoms with Gasteiger partial charge in [-0.25, -0.2) is 19.2 Å². The van der Waals surface area contributed by atoms with E-state index in [2.05, 4.69) is 18.9 Å². The molecule has 0 saturated carbocycles. The van der Waals surface area contributed by atoms with Crippen LogP contribution in [0.1, 0.15) is 1.43 Å². The van der Waals surface area contributed by atoms with Crippen LogP contribution < -0.4 is 0 Å². The SMILES string of the molecule is CO.COC(=O)COCCOCC(=O)OC.O=C(O)COCCOCC(=O)O.OCCOCCOCCO.[H+]. The lowest BCUT2D eigenvalue weighted by atomic mass is 10.7. The molecular weight excluding hydrogens is 524 g/mol. The number of hydrogen-bond acceptors (Lipinski definition) is 15. The number of aliphatic hydroxyl groups excluding tert-OH is 3. The summed E-state index contributed by atoms with van der Waals surface area (Å²) in [6.07, 6.45) is 0. The molecule has 0 rings (SSSR count). The summed E-state index contributed by atoms with van der Waals surface area (Å²) >= 11 is 0.